The number of nitrogens with one attached hydrogen (secondary N) is 1. The molecule has 0 spiro atoms. The minimum absolute atomic E-state index is 0.0748. The predicted octanol–water partition coefficient (Wildman–Crippen LogP) is 3.43. The van der Waals surface area contributed by atoms with Gasteiger partial charge in [0.25, 0.3) is 0 Å². The average Bonchev–Trinajstić information content (AvgIpc) is 2.59. The number of carbonyl (C=O) groups is 1. The van der Waals surface area contributed by atoms with Crippen molar-refractivity contribution in [3.8, 4) is 5.75 Å². The van der Waals surface area contributed by atoms with Crippen LogP contribution in [0.25, 0.3) is 0 Å². The number of rotatable bonds is 7. The molecule has 0 fully saturated rings. The fraction of sp³-hybridized carbons (Fsp3) is 0.278. The molecule has 0 bridgehead atoms. The highest BCUT2D eigenvalue weighted by Gasteiger charge is 2.33. The molecule has 2 atom stereocenters. The number of carbonyl (C=O) groups excluding carboxylic acids is 1. The van der Waals surface area contributed by atoms with E-state index in [9.17, 15) is 28.1 Å². The summed E-state index contributed by atoms with van der Waals surface area (Å²) in [7, 11) is 0. The molecule has 0 radical (unpaired) electrons. The largest absolute Gasteiger partial charge is 0.433 e. The van der Waals surface area contributed by atoms with Crippen LogP contribution in [-0.4, -0.2) is 23.1 Å². The summed E-state index contributed by atoms with van der Waals surface area (Å²) in [6.45, 7) is 1.54. The summed E-state index contributed by atoms with van der Waals surface area (Å²) in [5, 5.41) is 13.5. The highest BCUT2D eigenvalue weighted by atomic mass is 19.4. The number of para-hydroxylation sites is 1. The number of nitrogens with zero attached hydrogens (tertiary/aromatic N) is 1. The van der Waals surface area contributed by atoms with Crippen LogP contribution in [0, 0.1) is 10.1 Å². The Morgan fingerprint density at radius 3 is 2.44 bits per heavy atom. The molecule has 144 valence electrons. The SMILES string of the molecule is CC(Cc1cccc(C(F)(F)F)c1)NC(=O)C(Oc1ccccc1)[N+](=O)[O-]. The minimum atomic E-state index is -4.47. The molecule has 2 aromatic carbocycles. The maximum atomic E-state index is 12.8. The van der Waals surface area contributed by atoms with E-state index in [0.717, 1.165) is 12.1 Å². The zero-order valence-corrected chi connectivity index (χ0v) is 14.3. The topological polar surface area (TPSA) is 81.5 Å². The van der Waals surface area contributed by atoms with Gasteiger partial charge in [0.05, 0.1) is 10.5 Å². The Kier molecular flexibility index (Phi) is 6.38. The Hall–Kier alpha value is -3.10. The summed E-state index contributed by atoms with van der Waals surface area (Å²) in [6.07, 6.45) is -6.36. The second-order valence-electron chi connectivity index (χ2n) is 5.88. The van der Waals surface area contributed by atoms with Gasteiger partial charge in [0.1, 0.15) is 5.75 Å². The minimum Gasteiger partial charge on any atom is -0.423 e. The lowest BCUT2D eigenvalue weighted by Gasteiger charge is -2.17. The fourth-order valence-electron chi connectivity index (χ4n) is 2.41. The monoisotopic (exact) mass is 382 g/mol. The number of halogens is 3. The van der Waals surface area contributed by atoms with Gasteiger partial charge in [-0.2, -0.15) is 13.2 Å². The van der Waals surface area contributed by atoms with E-state index in [1.807, 2.05) is 0 Å². The molecule has 2 rings (SSSR count). The third kappa shape index (κ3) is 5.98. The van der Waals surface area contributed by atoms with Crippen LogP contribution in [0.4, 0.5) is 13.2 Å². The van der Waals surface area contributed by atoms with Crippen molar-refractivity contribution in [3.05, 3.63) is 75.8 Å². The molecule has 2 aromatic rings. The Morgan fingerprint density at radius 1 is 1.19 bits per heavy atom. The van der Waals surface area contributed by atoms with E-state index in [1.165, 1.54) is 31.2 Å². The molecule has 0 saturated heterocycles. The van der Waals surface area contributed by atoms with Gasteiger partial charge in [-0.15, -0.1) is 0 Å². The average molecular weight is 382 g/mol. The van der Waals surface area contributed by atoms with Gasteiger partial charge in [-0.25, -0.2) is 0 Å². The van der Waals surface area contributed by atoms with Crippen molar-refractivity contribution >= 4 is 5.91 Å². The summed E-state index contributed by atoms with van der Waals surface area (Å²) in [5.74, 6) is -0.830. The fourth-order valence-corrected chi connectivity index (χ4v) is 2.41. The van der Waals surface area contributed by atoms with Gasteiger partial charge < -0.3 is 10.1 Å². The maximum Gasteiger partial charge on any atom is 0.433 e. The summed E-state index contributed by atoms with van der Waals surface area (Å²) >= 11 is 0. The van der Waals surface area contributed by atoms with Crippen LogP contribution >= 0.6 is 0 Å². The first-order valence-electron chi connectivity index (χ1n) is 7.98. The van der Waals surface area contributed by atoms with E-state index in [1.54, 1.807) is 18.2 Å². The quantitative estimate of drug-likeness (QED) is 0.452. The Morgan fingerprint density at radius 2 is 1.85 bits per heavy atom. The van der Waals surface area contributed by atoms with Crippen molar-refractivity contribution in [1.82, 2.24) is 5.32 Å². The zero-order chi connectivity index (χ0) is 20.0. The molecule has 0 saturated carbocycles. The molecule has 0 aromatic heterocycles. The van der Waals surface area contributed by atoms with Crippen LogP contribution in [-0.2, 0) is 17.4 Å². The van der Waals surface area contributed by atoms with Gasteiger partial charge in [-0.1, -0.05) is 36.4 Å². The number of alkyl halides is 3. The van der Waals surface area contributed by atoms with Gasteiger partial charge in [-0.3, -0.25) is 14.9 Å². The number of amides is 1. The van der Waals surface area contributed by atoms with E-state index in [2.05, 4.69) is 5.32 Å². The first-order valence-corrected chi connectivity index (χ1v) is 7.98. The van der Waals surface area contributed by atoms with Crippen LogP contribution in [0.15, 0.2) is 54.6 Å². The second-order valence-corrected chi connectivity index (χ2v) is 5.88. The summed E-state index contributed by atoms with van der Waals surface area (Å²) in [6, 6.07) is 11.9. The highest BCUT2D eigenvalue weighted by Crippen LogP contribution is 2.29. The number of benzene rings is 2. The van der Waals surface area contributed by atoms with E-state index < -0.39 is 34.8 Å². The van der Waals surface area contributed by atoms with E-state index in [4.69, 9.17) is 4.74 Å². The van der Waals surface area contributed by atoms with Crippen molar-refractivity contribution in [2.45, 2.75) is 31.8 Å². The van der Waals surface area contributed by atoms with E-state index >= 15 is 0 Å². The van der Waals surface area contributed by atoms with Crippen molar-refractivity contribution in [3.63, 3.8) is 0 Å². The molecular weight excluding hydrogens is 365 g/mol. The van der Waals surface area contributed by atoms with Gasteiger partial charge in [-0.05, 0) is 37.1 Å². The van der Waals surface area contributed by atoms with Crippen molar-refractivity contribution in [2.75, 3.05) is 0 Å². The van der Waals surface area contributed by atoms with Crippen LogP contribution in [0.1, 0.15) is 18.1 Å². The number of nitro groups is 1. The lowest BCUT2D eigenvalue weighted by molar-refractivity contribution is -0.545. The lowest BCUT2D eigenvalue weighted by atomic mass is 10.0. The third-order valence-corrected chi connectivity index (χ3v) is 3.59. The third-order valence-electron chi connectivity index (χ3n) is 3.59. The molecule has 0 aliphatic heterocycles. The Bertz CT molecular complexity index is 797. The summed E-state index contributed by atoms with van der Waals surface area (Å²) in [4.78, 5) is 22.4. The number of hydrogen-bond donors (Lipinski definition) is 1. The molecule has 0 aliphatic carbocycles. The maximum absolute atomic E-state index is 12.8. The van der Waals surface area contributed by atoms with Crippen molar-refractivity contribution in [1.29, 1.82) is 0 Å². The first kappa shape index (κ1) is 20.2. The number of hydrogen-bond acceptors (Lipinski definition) is 4. The van der Waals surface area contributed by atoms with Crippen LogP contribution < -0.4 is 10.1 Å². The van der Waals surface area contributed by atoms with Crippen molar-refractivity contribution in [2.24, 2.45) is 0 Å². The van der Waals surface area contributed by atoms with Crippen LogP contribution in [0.3, 0.4) is 0 Å². The molecule has 27 heavy (non-hydrogen) atoms. The Labute approximate surface area is 153 Å². The van der Waals surface area contributed by atoms with Crippen LogP contribution in [0.5, 0.6) is 5.75 Å². The van der Waals surface area contributed by atoms with Crippen LogP contribution in [0.2, 0.25) is 0 Å². The molecule has 0 heterocycles. The normalized spacial score (nSPS) is 13.5. The second kappa shape index (κ2) is 8.52. The standard InChI is InChI=1S/C18H17F3N2O4/c1-12(10-13-6-5-7-14(11-13)18(19,20)21)22-16(24)17(23(25)26)27-15-8-3-2-4-9-15/h2-9,11-12,17H,10H2,1H3,(H,22,24). The highest BCUT2D eigenvalue weighted by molar-refractivity contribution is 5.79. The summed E-state index contributed by atoms with van der Waals surface area (Å²) < 4.78 is 43.4. The molecule has 6 nitrogen and oxygen atoms in total. The molecule has 2 unspecified atom stereocenters. The predicted molar refractivity (Wildman–Crippen MR) is 90.6 cm³/mol. The molecule has 9 heteroatoms. The van der Waals surface area contributed by atoms with E-state index in [0.29, 0.717) is 5.56 Å². The van der Waals surface area contributed by atoms with Gasteiger partial charge in [0.15, 0.2) is 0 Å². The van der Waals surface area contributed by atoms with Gasteiger partial charge in [0, 0.05) is 6.04 Å². The molecule has 0 aliphatic rings. The Balaban J connectivity index is 2.02. The smallest absolute Gasteiger partial charge is 0.423 e. The zero-order valence-electron chi connectivity index (χ0n) is 14.3. The molecule has 1 N–H and O–H groups in total. The van der Waals surface area contributed by atoms with Gasteiger partial charge >= 0.3 is 18.3 Å². The van der Waals surface area contributed by atoms with Crippen molar-refractivity contribution < 1.29 is 27.6 Å². The summed E-state index contributed by atoms with van der Waals surface area (Å²) in [5.41, 5.74) is -0.451. The van der Waals surface area contributed by atoms with E-state index in [-0.39, 0.29) is 12.2 Å². The van der Waals surface area contributed by atoms with Gasteiger partial charge in [0.2, 0.25) is 0 Å². The molecule has 1 amide bonds. The number of ether oxygens (including phenoxy) is 1. The lowest BCUT2D eigenvalue weighted by Crippen LogP contribution is -2.47. The molecular formula is C18H17F3N2O4. The first-order chi connectivity index (χ1) is 12.7.